The standard InChI is InChI=1S/C4H5NO3/c5-1-2-8-4(7)3-6/h6H,2-3H2. The lowest BCUT2D eigenvalue weighted by atomic mass is 10.7. The van der Waals surface area contributed by atoms with Crippen molar-refractivity contribution in [3.63, 3.8) is 0 Å². The fourth-order valence-corrected chi connectivity index (χ4v) is 0.158. The van der Waals surface area contributed by atoms with Gasteiger partial charge in [-0.05, 0) is 0 Å². The van der Waals surface area contributed by atoms with E-state index in [0.717, 1.165) is 0 Å². The van der Waals surface area contributed by atoms with E-state index in [0.29, 0.717) is 0 Å². The second-order valence-electron chi connectivity index (χ2n) is 0.977. The first-order chi connectivity index (χ1) is 3.81. The summed E-state index contributed by atoms with van der Waals surface area (Å²) in [6.07, 6.45) is 0. The molecule has 0 fully saturated rings. The van der Waals surface area contributed by atoms with Gasteiger partial charge < -0.3 is 9.84 Å². The largest absolute Gasteiger partial charge is 0.449 e. The van der Waals surface area contributed by atoms with E-state index >= 15 is 0 Å². The fraction of sp³-hybridized carbons (Fsp3) is 0.500. The predicted molar refractivity (Wildman–Crippen MR) is 23.7 cm³/mol. The third-order valence-corrected chi connectivity index (χ3v) is 0.427. The van der Waals surface area contributed by atoms with E-state index in [1.807, 2.05) is 0 Å². The van der Waals surface area contributed by atoms with E-state index < -0.39 is 12.6 Å². The Bertz CT molecular complexity index is 115. The van der Waals surface area contributed by atoms with E-state index in [1.54, 1.807) is 6.07 Å². The van der Waals surface area contributed by atoms with Gasteiger partial charge in [0, 0.05) is 0 Å². The summed E-state index contributed by atoms with van der Waals surface area (Å²) in [5, 5.41) is 15.8. The van der Waals surface area contributed by atoms with E-state index in [-0.39, 0.29) is 6.61 Å². The molecule has 4 heteroatoms. The number of aliphatic hydroxyl groups excluding tert-OH is 1. The average molecular weight is 115 g/mol. The number of rotatable bonds is 2. The highest BCUT2D eigenvalue weighted by atomic mass is 16.5. The third kappa shape index (κ3) is 3.12. The summed E-state index contributed by atoms with van der Waals surface area (Å²) >= 11 is 0. The number of hydrogen-bond acceptors (Lipinski definition) is 4. The minimum absolute atomic E-state index is 0.292. The van der Waals surface area contributed by atoms with Crippen LogP contribution in [0.1, 0.15) is 0 Å². The zero-order chi connectivity index (χ0) is 6.41. The van der Waals surface area contributed by atoms with Crippen LogP contribution in [0.5, 0.6) is 0 Å². The van der Waals surface area contributed by atoms with Gasteiger partial charge in [-0.3, -0.25) is 0 Å². The minimum atomic E-state index is -0.772. The number of esters is 1. The van der Waals surface area contributed by atoms with Crippen LogP contribution in [0.3, 0.4) is 0 Å². The van der Waals surface area contributed by atoms with Crippen LogP contribution in [-0.2, 0) is 9.53 Å². The number of carbonyl (C=O) groups is 1. The molecule has 4 nitrogen and oxygen atoms in total. The molecule has 0 aromatic carbocycles. The van der Waals surface area contributed by atoms with Crippen LogP contribution in [0, 0.1) is 11.3 Å². The molecular formula is C4H5NO3. The molecule has 1 N–H and O–H groups in total. The van der Waals surface area contributed by atoms with Crippen molar-refractivity contribution >= 4 is 5.97 Å². The zero-order valence-electron chi connectivity index (χ0n) is 4.13. The summed E-state index contributed by atoms with van der Waals surface area (Å²) < 4.78 is 4.09. The van der Waals surface area contributed by atoms with Gasteiger partial charge in [-0.1, -0.05) is 0 Å². The third-order valence-electron chi connectivity index (χ3n) is 0.427. The number of nitrogens with zero attached hydrogens (tertiary/aromatic N) is 1. The van der Waals surface area contributed by atoms with Gasteiger partial charge >= 0.3 is 5.97 Å². The first-order valence-corrected chi connectivity index (χ1v) is 1.94. The quantitative estimate of drug-likeness (QED) is 0.471. The lowest BCUT2D eigenvalue weighted by Crippen LogP contribution is -2.08. The Labute approximate surface area is 46.3 Å². The van der Waals surface area contributed by atoms with Gasteiger partial charge in [-0.15, -0.1) is 0 Å². The molecule has 0 radical (unpaired) electrons. The predicted octanol–water partition coefficient (Wildman–Crippen LogP) is -0.955. The number of aliphatic hydroxyl groups is 1. The molecule has 0 rings (SSSR count). The van der Waals surface area contributed by atoms with Crippen molar-refractivity contribution in [1.82, 2.24) is 0 Å². The Hall–Kier alpha value is -1.08. The monoisotopic (exact) mass is 115 g/mol. The van der Waals surface area contributed by atoms with Crippen LogP contribution in [0.25, 0.3) is 0 Å². The molecule has 8 heavy (non-hydrogen) atoms. The first-order valence-electron chi connectivity index (χ1n) is 1.94. The number of hydrogen-bond donors (Lipinski definition) is 1. The number of carbonyl (C=O) groups excluding carboxylic acids is 1. The molecule has 0 amide bonds. The maximum absolute atomic E-state index is 9.95. The summed E-state index contributed by atoms with van der Waals surface area (Å²) in [6.45, 7) is -0.957. The molecule has 0 aliphatic rings. The molecule has 0 aliphatic carbocycles. The SMILES string of the molecule is N#CCOC(=O)CO. The Kier molecular flexibility index (Phi) is 3.54. The summed E-state index contributed by atoms with van der Waals surface area (Å²) in [4.78, 5) is 9.95. The van der Waals surface area contributed by atoms with Gasteiger partial charge in [0.2, 0.25) is 0 Å². The number of ether oxygens (including phenoxy) is 1. The summed E-state index contributed by atoms with van der Waals surface area (Å²) in [7, 11) is 0. The van der Waals surface area contributed by atoms with Gasteiger partial charge in [0.05, 0.1) is 0 Å². The second-order valence-corrected chi connectivity index (χ2v) is 0.977. The van der Waals surface area contributed by atoms with Gasteiger partial charge in [0.15, 0.2) is 6.61 Å². The van der Waals surface area contributed by atoms with E-state index in [4.69, 9.17) is 10.4 Å². The van der Waals surface area contributed by atoms with Crippen molar-refractivity contribution in [2.24, 2.45) is 0 Å². The molecule has 0 saturated carbocycles. The van der Waals surface area contributed by atoms with Crippen LogP contribution in [0.2, 0.25) is 0 Å². The van der Waals surface area contributed by atoms with Gasteiger partial charge in [-0.2, -0.15) is 5.26 Å². The highest BCUT2D eigenvalue weighted by Crippen LogP contribution is 1.72. The van der Waals surface area contributed by atoms with Gasteiger partial charge in [-0.25, -0.2) is 4.79 Å². The van der Waals surface area contributed by atoms with Crippen molar-refractivity contribution in [2.45, 2.75) is 0 Å². The second kappa shape index (κ2) is 4.09. The molecule has 0 atom stereocenters. The fourth-order valence-electron chi connectivity index (χ4n) is 0.158. The number of nitriles is 1. The Morgan fingerprint density at radius 1 is 1.88 bits per heavy atom. The van der Waals surface area contributed by atoms with Gasteiger partial charge in [0.25, 0.3) is 0 Å². The van der Waals surface area contributed by atoms with Crippen LogP contribution in [0.15, 0.2) is 0 Å². The first kappa shape index (κ1) is 6.92. The van der Waals surface area contributed by atoms with Crippen LogP contribution in [0.4, 0.5) is 0 Å². The summed E-state index contributed by atoms with van der Waals surface area (Å²) in [5.41, 5.74) is 0. The van der Waals surface area contributed by atoms with E-state index in [9.17, 15) is 4.79 Å². The normalized spacial score (nSPS) is 7.50. The molecule has 0 saturated heterocycles. The minimum Gasteiger partial charge on any atom is -0.449 e. The smallest absolute Gasteiger partial charge is 0.332 e. The molecule has 0 aromatic heterocycles. The van der Waals surface area contributed by atoms with Crippen LogP contribution in [-0.4, -0.2) is 24.3 Å². The van der Waals surface area contributed by atoms with Crippen molar-refractivity contribution in [1.29, 1.82) is 5.26 Å². The van der Waals surface area contributed by atoms with Gasteiger partial charge in [0.1, 0.15) is 12.7 Å². The van der Waals surface area contributed by atoms with Crippen molar-refractivity contribution < 1.29 is 14.6 Å². The average Bonchev–Trinajstić information content (AvgIpc) is 1.83. The topological polar surface area (TPSA) is 70.3 Å². The maximum atomic E-state index is 9.95. The molecular weight excluding hydrogens is 110 g/mol. The highest BCUT2D eigenvalue weighted by Gasteiger charge is 1.94. The van der Waals surface area contributed by atoms with Crippen molar-refractivity contribution in [3.05, 3.63) is 0 Å². The molecule has 0 spiro atoms. The van der Waals surface area contributed by atoms with Crippen LogP contribution < -0.4 is 0 Å². The lowest BCUT2D eigenvalue weighted by molar-refractivity contribution is -0.145. The van der Waals surface area contributed by atoms with Crippen molar-refractivity contribution in [2.75, 3.05) is 13.2 Å². The molecule has 44 valence electrons. The molecule has 0 aromatic rings. The Morgan fingerprint density at radius 3 is 2.88 bits per heavy atom. The lowest BCUT2D eigenvalue weighted by Gasteiger charge is -1.91. The van der Waals surface area contributed by atoms with Crippen molar-refractivity contribution in [3.8, 4) is 6.07 Å². The molecule has 0 aliphatic heterocycles. The summed E-state index contributed by atoms with van der Waals surface area (Å²) in [5.74, 6) is -0.772. The summed E-state index contributed by atoms with van der Waals surface area (Å²) in [6, 6.07) is 1.58. The Morgan fingerprint density at radius 2 is 2.50 bits per heavy atom. The van der Waals surface area contributed by atoms with Crippen LogP contribution >= 0.6 is 0 Å². The molecule has 0 heterocycles. The highest BCUT2D eigenvalue weighted by molar-refractivity contribution is 5.70. The zero-order valence-corrected chi connectivity index (χ0v) is 4.13. The van der Waals surface area contributed by atoms with E-state index in [2.05, 4.69) is 4.74 Å². The molecule has 0 unspecified atom stereocenters. The molecule has 0 bridgehead atoms. The maximum Gasteiger partial charge on any atom is 0.332 e. The van der Waals surface area contributed by atoms with E-state index in [1.165, 1.54) is 0 Å². The Balaban J connectivity index is 3.15.